The molecule has 6 nitrogen and oxygen atoms in total. The van der Waals surface area contributed by atoms with Crippen LogP contribution in [0, 0.1) is 13.8 Å². The number of nitrogens with zero attached hydrogens (tertiary/aromatic N) is 2. The van der Waals surface area contributed by atoms with Crippen LogP contribution >= 0.6 is 0 Å². The lowest BCUT2D eigenvalue weighted by Crippen LogP contribution is -2.51. The summed E-state index contributed by atoms with van der Waals surface area (Å²) in [5.41, 5.74) is 1.61. The van der Waals surface area contributed by atoms with Crippen LogP contribution in [0.3, 0.4) is 0 Å². The van der Waals surface area contributed by atoms with Crippen LogP contribution in [0.2, 0.25) is 0 Å². The van der Waals surface area contributed by atoms with E-state index in [9.17, 15) is 9.59 Å². The van der Waals surface area contributed by atoms with Gasteiger partial charge in [-0.15, -0.1) is 0 Å². The molecule has 0 saturated carbocycles. The predicted molar refractivity (Wildman–Crippen MR) is 112 cm³/mol. The van der Waals surface area contributed by atoms with Crippen molar-refractivity contribution in [1.29, 1.82) is 0 Å². The molecular weight excluding hydrogens is 368 g/mol. The molecule has 2 amide bonds. The summed E-state index contributed by atoms with van der Waals surface area (Å²) in [5.74, 6) is 0.745. The summed E-state index contributed by atoms with van der Waals surface area (Å²) < 4.78 is 11.4. The first-order valence-corrected chi connectivity index (χ1v) is 10.6. The van der Waals surface area contributed by atoms with Gasteiger partial charge in [-0.25, -0.2) is 4.79 Å². The molecule has 2 aliphatic heterocycles. The van der Waals surface area contributed by atoms with Gasteiger partial charge in [0.1, 0.15) is 11.4 Å². The molecule has 0 aliphatic carbocycles. The first-order valence-electron chi connectivity index (χ1n) is 10.6. The average molecular weight is 403 g/mol. The average Bonchev–Trinajstić information content (AvgIpc) is 3.29. The summed E-state index contributed by atoms with van der Waals surface area (Å²) in [5, 5.41) is 0. The fourth-order valence-electron chi connectivity index (χ4n) is 4.33. The number of carbonyl (C=O) groups excluding carboxylic acids is 2. The minimum absolute atomic E-state index is 0.00977. The van der Waals surface area contributed by atoms with E-state index in [1.807, 2.05) is 62.6 Å². The standard InChI is InChI=1S/C23H34N2O4/c1-16-10-11-17(2)20(14-16)28-15-21(26)24-12-6-8-18(24)19-9-7-13-25(19)22(27)29-23(3,4)5/h10-11,14,18-19H,6-9,12-13,15H2,1-5H3/t18-,19-/m1/s1. The molecule has 2 saturated heterocycles. The molecule has 0 unspecified atom stereocenters. The molecule has 2 fully saturated rings. The lowest BCUT2D eigenvalue weighted by atomic mass is 10.0. The van der Waals surface area contributed by atoms with Crippen molar-refractivity contribution in [2.45, 2.75) is 78.0 Å². The molecule has 0 N–H and O–H groups in total. The first kappa shape index (κ1) is 21.5. The maximum atomic E-state index is 13.0. The highest BCUT2D eigenvalue weighted by atomic mass is 16.6. The van der Waals surface area contributed by atoms with Crippen molar-refractivity contribution >= 4 is 12.0 Å². The van der Waals surface area contributed by atoms with E-state index < -0.39 is 5.60 Å². The van der Waals surface area contributed by atoms with Gasteiger partial charge in [0.2, 0.25) is 0 Å². The number of rotatable bonds is 4. The maximum Gasteiger partial charge on any atom is 0.410 e. The van der Waals surface area contributed by atoms with E-state index in [1.54, 1.807) is 0 Å². The molecule has 160 valence electrons. The maximum absolute atomic E-state index is 13.0. The number of benzene rings is 1. The third-order valence-corrected chi connectivity index (χ3v) is 5.69. The zero-order valence-corrected chi connectivity index (χ0v) is 18.4. The Hall–Kier alpha value is -2.24. The van der Waals surface area contributed by atoms with Crippen LogP contribution in [-0.4, -0.2) is 59.2 Å². The van der Waals surface area contributed by atoms with E-state index in [2.05, 4.69) is 0 Å². The van der Waals surface area contributed by atoms with Crippen molar-refractivity contribution in [2.75, 3.05) is 19.7 Å². The molecule has 0 bridgehead atoms. The smallest absolute Gasteiger partial charge is 0.410 e. The second-order valence-electron chi connectivity index (χ2n) is 9.24. The van der Waals surface area contributed by atoms with Crippen LogP contribution in [0.15, 0.2) is 18.2 Å². The van der Waals surface area contributed by atoms with E-state index in [4.69, 9.17) is 9.47 Å². The van der Waals surface area contributed by atoms with Gasteiger partial charge in [-0.3, -0.25) is 4.79 Å². The van der Waals surface area contributed by atoms with Gasteiger partial charge in [0.25, 0.3) is 5.91 Å². The van der Waals surface area contributed by atoms with Crippen LogP contribution in [0.1, 0.15) is 57.6 Å². The Kier molecular flexibility index (Phi) is 6.39. The number of amides is 2. The zero-order chi connectivity index (χ0) is 21.2. The van der Waals surface area contributed by atoms with E-state index in [-0.39, 0.29) is 30.7 Å². The van der Waals surface area contributed by atoms with E-state index >= 15 is 0 Å². The third-order valence-electron chi connectivity index (χ3n) is 5.69. The Morgan fingerprint density at radius 1 is 1.03 bits per heavy atom. The second kappa shape index (κ2) is 8.64. The van der Waals surface area contributed by atoms with Crippen molar-refractivity contribution in [3.8, 4) is 5.75 Å². The fraction of sp³-hybridized carbons (Fsp3) is 0.652. The molecule has 0 radical (unpaired) electrons. The second-order valence-corrected chi connectivity index (χ2v) is 9.24. The Morgan fingerprint density at radius 2 is 1.66 bits per heavy atom. The summed E-state index contributed by atoms with van der Waals surface area (Å²) in [7, 11) is 0. The van der Waals surface area contributed by atoms with Gasteiger partial charge in [0.05, 0.1) is 12.1 Å². The SMILES string of the molecule is Cc1ccc(C)c(OCC(=O)N2CCC[C@@H]2[C@H]2CCCN2C(=O)OC(C)(C)C)c1. The largest absolute Gasteiger partial charge is 0.483 e. The molecule has 0 spiro atoms. The Morgan fingerprint density at radius 3 is 2.31 bits per heavy atom. The molecular formula is C23H34N2O4. The van der Waals surface area contributed by atoms with Crippen LogP contribution in [-0.2, 0) is 9.53 Å². The number of hydrogen-bond acceptors (Lipinski definition) is 4. The van der Waals surface area contributed by atoms with Crippen LogP contribution in [0.25, 0.3) is 0 Å². The quantitative estimate of drug-likeness (QED) is 0.762. The van der Waals surface area contributed by atoms with Crippen molar-refractivity contribution < 1.29 is 19.1 Å². The molecule has 2 atom stereocenters. The van der Waals surface area contributed by atoms with Gasteiger partial charge in [-0.1, -0.05) is 12.1 Å². The van der Waals surface area contributed by atoms with Gasteiger partial charge < -0.3 is 19.3 Å². The number of ether oxygens (including phenoxy) is 2. The van der Waals surface area contributed by atoms with Crippen molar-refractivity contribution in [2.24, 2.45) is 0 Å². The zero-order valence-electron chi connectivity index (χ0n) is 18.4. The molecule has 2 aliphatic rings. The summed E-state index contributed by atoms with van der Waals surface area (Å²) in [6, 6.07) is 6.07. The molecule has 2 heterocycles. The monoisotopic (exact) mass is 402 g/mol. The first-order chi connectivity index (χ1) is 13.7. The van der Waals surface area contributed by atoms with Gasteiger partial charge in [-0.05, 0) is 77.5 Å². The summed E-state index contributed by atoms with van der Waals surface area (Å²) >= 11 is 0. The van der Waals surface area contributed by atoms with E-state index in [1.165, 1.54) is 0 Å². The Balaban J connectivity index is 1.64. The summed E-state index contributed by atoms with van der Waals surface area (Å²) in [6.07, 6.45) is 3.45. The topological polar surface area (TPSA) is 59.1 Å². The molecule has 1 aromatic rings. The number of aryl methyl sites for hydroxylation is 2. The summed E-state index contributed by atoms with van der Waals surface area (Å²) in [6.45, 7) is 11.1. The fourth-order valence-corrected chi connectivity index (χ4v) is 4.33. The third kappa shape index (κ3) is 5.22. The number of carbonyl (C=O) groups is 2. The van der Waals surface area contributed by atoms with Gasteiger partial charge in [0, 0.05) is 13.1 Å². The molecule has 6 heteroatoms. The lowest BCUT2D eigenvalue weighted by molar-refractivity contribution is -0.135. The van der Waals surface area contributed by atoms with Gasteiger partial charge >= 0.3 is 6.09 Å². The van der Waals surface area contributed by atoms with Crippen molar-refractivity contribution in [3.05, 3.63) is 29.3 Å². The lowest BCUT2D eigenvalue weighted by Gasteiger charge is -2.35. The highest BCUT2D eigenvalue weighted by molar-refractivity contribution is 5.79. The van der Waals surface area contributed by atoms with Gasteiger partial charge in [-0.2, -0.15) is 0 Å². The molecule has 0 aromatic heterocycles. The van der Waals surface area contributed by atoms with E-state index in [0.717, 1.165) is 49.1 Å². The Labute approximate surface area is 174 Å². The highest BCUT2D eigenvalue weighted by Gasteiger charge is 2.42. The minimum atomic E-state index is -0.519. The van der Waals surface area contributed by atoms with Crippen LogP contribution in [0.5, 0.6) is 5.75 Å². The van der Waals surface area contributed by atoms with Crippen LogP contribution in [0.4, 0.5) is 4.79 Å². The number of likely N-dealkylation sites (tertiary alicyclic amines) is 2. The van der Waals surface area contributed by atoms with E-state index in [0.29, 0.717) is 6.54 Å². The van der Waals surface area contributed by atoms with Crippen molar-refractivity contribution in [3.63, 3.8) is 0 Å². The normalized spacial score (nSPS) is 22.1. The molecule has 3 rings (SSSR count). The predicted octanol–water partition coefficient (Wildman–Crippen LogP) is 4.07. The Bertz CT molecular complexity index is 756. The van der Waals surface area contributed by atoms with Crippen LogP contribution < -0.4 is 4.74 Å². The molecule has 1 aromatic carbocycles. The van der Waals surface area contributed by atoms with Crippen molar-refractivity contribution in [1.82, 2.24) is 9.80 Å². The number of hydrogen-bond donors (Lipinski definition) is 0. The summed E-state index contributed by atoms with van der Waals surface area (Å²) in [4.78, 5) is 29.4. The minimum Gasteiger partial charge on any atom is -0.483 e. The molecule has 29 heavy (non-hydrogen) atoms. The van der Waals surface area contributed by atoms with Gasteiger partial charge in [0.15, 0.2) is 6.61 Å². The highest BCUT2D eigenvalue weighted by Crippen LogP contribution is 2.31.